The Morgan fingerprint density at radius 2 is 1.97 bits per heavy atom. The van der Waals surface area contributed by atoms with E-state index in [2.05, 4.69) is 15.4 Å². The number of hydrogen-bond donors (Lipinski definition) is 3. The smallest absolute Gasteiger partial charge is 0.375 e. The lowest BCUT2D eigenvalue weighted by Crippen LogP contribution is -2.63. The van der Waals surface area contributed by atoms with Gasteiger partial charge in [0, 0.05) is 19.0 Å². The van der Waals surface area contributed by atoms with Crippen molar-refractivity contribution in [2.75, 3.05) is 26.3 Å². The second-order valence-corrected chi connectivity index (χ2v) is 11.5. The van der Waals surface area contributed by atoms with Crippen LogP contribution < -0.4 is 10.6 Å². The number of rotatable bonds is 10. The number of nitrogens with one attached hydrogen (secondary N) is 2. The minimum absolute atomic E-state index is 0.0360. The fraction of sp³-hybridized carbons (Fsp3) is 0.875. The van der Waals surface area contributed by atoms with E-state index >= 15 is 0 Å². The molecule has 6 atom stereocenters. The summed E-state index contributed by atoms with van der Waals surface area (Å²) in [7, 11) is 0. The van der Waals surface area contributed by atoms with E-state index in [0.29, 0.717) is 25.9 Å². The van der Waals surface area contributed by atoms with Crippen molar-refractivity contribution in [2.45, 2.75) is 81.6 Å². The number of aliphatic hydroxyl groups excluding tert-OH is 1. The molecule has 4 saturated heterocycles. The number of amides is 2. The number of carbonyl (C=O) groups is 3. The molecule has 6 fully saturated rings. The molecular weight excluding hydrogens is 521 g/mol. The van der Waals surface area contributed by atoms with Crippen molar-refractivity contribution in [1.29, 1.82) is 0 Å². The molecule has 0 aromatic carbocycles. The highest BCUT2D eigenvalue weighted by molar-refractivity contribution is 5.92. The van der Waals surface area contributed by atoms with E-state index in [9.17, 15) is 41.4 Å². The van der Waals surface area contributed by atoms with Gasteiger partial charge in [-0.1, -0.05) is 6.42 Å². The van der Waals surface area contributed by atoms with Crippen molar-refractivity contribution in [3.8, 4) is 0 Å². The molecule has 14 heteroatoms. The summed E-state index contributed by atoms with van der Waals surface area (Å²) >= 11 is 0. The van der Waals surface area contributed by atoms with E-state index in [0.717, 1.165) is 12.8 Å². The van der Waals surface area contributed by atoms with Gasteiger partial charge in [0.1, 0.15) is 18.4 Å². The Labute approximate surface area is 215 Å². The van der Waals surface area contributed by atoms with Crippen LogP contribution >= 0.6 is 0 Å². The van der Waals surface area contributed by atoms with Crippen LogP contribution in [-0.2, 0) is 23.9 Å². The third-order valence-electron chi connectivity index (χ3n) is 9.16. The lowest BCUT2D eigenvalue weighted by molar-refractivity contribution is -0.321. The van der Waals surface area contributed by atoms with Crippen LogP contribution in [0.5, 0.6) is 0 Å². The Bertz CT molecular complexity index is 958. The molecule has 0 spiro atoms. The van der Waals surface area contributed by atoms with Crippen molar-refractivity contribution < 1.29 is 50.9 Å². The molecule has 2 amide bonds. The van der Waals surface area contributed by atoms with E-state index in [4.69, 9.17) is 4.74 Å². The molecule has 214 valence electrons. The summed E-state index contributed by atoms with van der Waals surface area (Å²) in [6, 6.07) is -2.33. The summed E-state index contributed by atoms with van der Waals surface area (Å²) in [5.74, 6) is -2.82. The molecule has 2 bridgehead atoms. The maximum atomic E-state index is 13.6. The van der Waals surface area contributed by atoms with Crippen LogP contribution in [0.4, 0.5) is 22.0 Å². The predicted octanol–water partition coefficient (Wildman–Crippen LogP) is 1.34. The third kappa shape index (κ3) is 4.92. The molecule has 0 radical (unpaired) electrons. The third-order valence-corrected chi connectivity index (χ3v) is 9.16. The zero-order valence-corrected chi connectivity index (χ0v) is 20.6. The summed E-state index contributed by atoms with van der Waals surface area (Å²) in [6.45, 7) is -0.819. The number of likely N-dealkylation sites (tertiary alicyclic amines) is 1. The number of alkyl halides is 5. The van der Waals surface area contributed by atoms with Gasteiger partial charge in [0.05, 0.1) is 24.1 Å². The van der Waals surface area contributed by atoms with Crippen molar-refractivity contribution >= 4 is 17.6 Å². The molecule has 4 heterocycles. The van der Waals surface area contributed by atoms with Gasteiger partial charge in [-0.15, -0.1) is 13.2 Å². The SMILES string of the molecule is O=C1NCC[C@H]1C[C@H](NC(=O)[C@@H]1[C@H]2CCC[C@H]2CN1C(O)C12CC(C(F)F)(CO1)C2)C(=O)COC(F)(F)F. The van der Waals surface area contributed by atoms with Crippen molar-refractivity contribution in [3.05, 3.63) is 0 Å². The standard InChI is InChI=1S/C24H32F5N3O6/c25-20(26)22-9-23(10-22,38-11-22)21(36)32-7-13-2-1-3-14(13)17(32)19(35)31-15(6-12-4-5-30-18(12)34)16(33)8-37-24(27,28)29/h12-15,17,20-21,36H,1-11H2,(H,30,34)(H,31,35)/t12-,13-,14-,15-,17-,21?,22?,23?/m0/s1. The molecule has 6 rings (SSSR count). The summed E-state index contributed by atoms with van der Waals surface area (Å²) in [6.07, 6.45) is -6.55. The first-order valence-corrected chi connectivity index (χ1v) is 13.0. The molecule has 9 nitrogen and oxygen atoms in total. The van der Waals surface area contributed by atoms with Gasteiger partial charge >= 0.3 is 6.36 Å². The van der Waals surface area contributed by atoms with Crippen LogP contribution in [0.25, 0.3) is 0 Å². The minimum atomic E-state index is -5.05. The highest BCUT2D eigenvalue weighted by Crippen LogP contribution is 2.63. The minimum Gasteiger partial charge on any atom is -0.375 e. The second-order valence-electron chi connectivity index (χ2n) is 11.5. The maximum Gasteiger partial charge on any atom is 0.522 e. The van der Waals surface area contributed by atoms with Gasteiger partial charge in [0.25, 0.3) is 0 Å². The average Bonchev–Trinajstić information content (AvgIpc) is 3.61. The lowest BCUT2D eigenvalue weighted by atomic mass is 9.61. The number of halogens is 5. The van der Waals surface area contributed by atoms with Gasteiger partial charge in [0.15, 0.2) is 5.78 Å². The summed E-state index contributed by atoms with van der Waals surface area (Å²) in [4.78, 5) is 40.0. The fourth-order valence-corrected chi connectivity index (χ4v) is 7.28. The van der Waals surface area contributed by atoms with Crippen LogP contribution in [0, 0.1) is 23.2 Å². The summed E-state index contributed by atoms with van der Waals surface area (Å²) in [5.41, 5.74) is -2.52. The van der Waals surface area contributed by atoms with Crippen molar-refractivity contribution in [3.63, 3.8) is 0 Å². The molecule has 3 N–H and O–H groups in total. The van der Waals surface area contributed by atoms with Crippen LogP contribution in [0.1, 0.15) is 44.9 Å². The number of ether oxygens (including phenoxy) is 2. The molecule has 1 unspecified atom stereocenters. The summed E-state index contributed by atoms with van der Waals surface area (Å²) in [5, 5.41) is 16.5. The van der Waals surface area contributed by atoms with Gasteiger partial charge in [-0.3, -0.25) is 24.0 Å². The van der Waals surface area contributed by atoms with Crippen LogP contribution in [-0.4, -0.2) is 90.6 Å². The quantitative estimate of drug-likeness (QED) is 0.350. The Kier molecular flexibility index (Phi) is 7.23. The zero-order chi connectivity index (χ0) is 27.5. The first kappa shape index (κ1) is 27.7. The normalized spacial score (nSPS) is 38.1. The summed E-state index contributed by atoms with van der Waals surface area (Å²) < 4.78 is 74.2. The molecule has 4 aliphatic heterocycles. The first-order chi connectivity index (χ1) is 17.8. The van der Waals surface area contributed by atoms with Gasteiger partial charge in [-0.25, -0.2) is 8.78 Å². The fourth-order valence-electron chi connectivity index (χ4n) is 7.28. The lowest BCUT2D eigenvalue weighted by Gasteiger charge is -2.49. The Morgan fingerprint density at radius 3 is 2.58 bits per heavy atom. The van der Waals surface area contributed by atoms with Crippen molar-refractivity contribution in [2.24, 2.45) is 23.2 Å². The zero-order valence-electron chi connectivity index (χ0n) is 20.6. The highest BCUT2D eigenvalue weighted by atomic mass is 19.4. The van der Waals surface area contributed by atoms with Crippen LogP contribution in [0.2, 0.25) is 0 Å². The van der Waals surface area contributed by atoms with Gasteiger partial charge in [-0.05, 0) is 50.4 Å². The Balaban J connectivity index is 1.32. The van der Waals surface area contributed by atoms with Crippen LogP contribution in [0.15, 0.2) is 0 Å². The number of Topliss-reactive ketones (excluding diaryl/α,β-unsaturated/α-hetero) is 1. The van der Waals surface area contributed by atoms with E-state index in [-0.39, 0.29) is 43.6 Å². The van der Waals surface area contributed by atoms with Crippen LogP contribution in [0.3, 0.4) is 0 Å². The maximum absolute atomic E-state index is 13.6. The van der Waals surface area contributed by atoms with E-state index < -0.39 is 66.3 Å². The van der Waals surface area contributed by atoms with Gasteiger partial charge < -0.3 is 20.5 Å². The van der Waals surface area contributed by atoms with E-state index in [1.165, 1.54) is 0 Å². The number of nitrogens with zero attached hydrogens (tertiary/aromatic N) is 1. The molecule has 0 aromatic rings. The Morgan fingerprint density at radius 1 is 1.24 bits per heavy atom. The molecule has 2 saturated carbocycles. The average molecular weight is 554 g/mol. The molecule has 6 aliphatic rings. The largest absolute Gasteiger partial charge is 0.522 e. The van der Waals surface area contributed by atoms with Gasteiger partial charge in [-0.2, -0.15) is 0 Å². The highest BCUT2D eigenvalue weighted by Gasteiger charge is 2.71. The number of hydrogen-bond acceptors (Lipinski definition) is 7. The van der Waals surface area contributed by atoms with Gasteiger partial charge in [0.2, 0.25) is 18.2 Å². The number of carbonyl (C=O) groups excluding carboxylic acids is 3. The molecule has 2 aliphatic carbocycles. The monoisotopic (exact) mass is 553 g/mol. The molecule has 38 heavy (non-hydrogen) atoms. The number of fused-ring (bicyclic) bond motifs is 2. The predicted molar refractivity (Wildman–Crippen MR) is 118 cm³/mol. The number of aliphatic hydroxyl groups is 1. The van der Waals surface area contributed by atoms with E-state index in [1.54, 1.807) is 4.90 Å². The van der Waals surface area contributed by atoms with E-state index in [1.807, 2.05) is 0 Å². The van der Waals surface area contributed by atoms with Crippen molar-refractivity contribution in [1.82, 2.24) is 15.5 Å². The topological polar surface area (TPSA) is 117 Å². The molecular formula is C24H32F5N3O6. The molecule has 0 aromatic heterocycles. The first-order valence-electron chi connectivity index (χ1n) is 13.0. The second kappa shape index (κ2) is 9.93. The number of ketones is 1. The Hall–Kier alpha value is -1.90.